The van der Waals surface area contributed by atoms with Crippen molar-refractivity contribution in [2.45, 2.75) is 13.5 Å². The lowest BCUT2D eigenvalue weighted by molar-refractivity contribution is 0.0942. The van der Waals surface area contributed by atoms with Crippen molar-refractivity contribution in [2.75, 3.05) is 5.73 Å². The Labute approximate surface area is 97.0 Å². The third-order valence-corrected chi connectivity index (χ3v) is 1.99. The zero-order valence-electron chi connectivity index (χ0n) is 9.17. The topological polar surface area (TPSA) is 107 Å². The summed E-state index contributed by atoms with van der Waals surface area (Å²) in [5, 5.41) is 6.33. The maximum Gasteiger partial charge on any atom is 0.271 e. The summed E-state index contributed by atoms with van der Waals surface area (Å²) in [6.07, 6.45) is 2.72. The molecule has 0 unspecified atom stereocenters. The zero-order chi connectivity index (χ0) is 12.3. The van der Waals surface area contributed by atoms with Crippen LogP contribution in [0.2, 0.25) is 0 Å². The molecule has 0 spiro atoms. The number of rotatable bonds is 3. The molecule has 7 nitrogen and oxygen atoms in total. The van der Waals surface area contributed by atoms with Crippen molar-refractivity contribution in [1.82, 2.24) is 20.4 Å². The Morgan fingerprint density at radius 3 is 3.00 bits per heavy atom. The van der Waals surface area contributed by atoms with Gasteiger partial charge in [-0.15, -0.1) is 0 Å². The molecule has 2 aromatic rings. The lowest BCUT2D eigenvalue weighted by Gasteiger charge is -2.01. The van der Waals surface area contributed by atoms with Gasteiger partial charge in [0.1, 0.15) is 11.5 Å². The van der Waals surface area contributed by atoms with E-state index in [-0.39, 0.29) is 24.0 Å². The summed E-state index contributed by atoms with van der Waals surface area (Å²) in [7, 11) is 0. The minimum atomic E-state index is -0.362. The number of hydrogen-bond acceptors (Lipinski definition) is 6. The summed E-state index contributed by atoms with van der Waals surface area (Å²) in [6, 6.07) is 1.74. The van der Waals surface area contributed by atoms with E-state index in [1.165, 1.54) is 12.4 Å². The van der Waals surface area contributed by atoms with Gasteiger partial charge in [-0.2, -0.15) is 0 Å². The SMILES string of the molecule is Cc1cc(CNC(=O)c2cncc(N)n2)on1. The second-order valence-corrected chi connectivity index (χ2v) is 3.45. The predicted molar refractivity (Wildman–Crippen MR) is 58.9 cm³/mol. The lowest BCUT2D eigenvalue weighted by atomic mass is 10.3. The first-order valence-electron chi connectivity index (χ1n) is 4.93. The van der Waals surface area contributed by atoms with Gasteiger partial charge in [0.2, 0.25) is 0 Å². The summed E-state index contributed by atoms with van der Waals surface area (Å²) in [5.41, 5.74) is 6.35. The molecule has 0 aliphatic rings. The summed E-state index contributed by atoms with van der Waals surface area (Å²) in [4.78, 5) is 19.3. The number of aromatic nitrogens is 3. The number of nitrogens with two attached hydrogens (primary N) is 1. The number of nitrogen functional groups attached to an aromatic ring is 1. The van der Waals surface area contributed by atoms with Crippen LogP contribution in [0, 0.1) is 6.92 Å². The van der Waals surface area contributed by atoms with Gasteiger partial charge in [-0.05, 0) is 6.92 Å². The Morgan fingerprint density at radius 2 is 2.35 bits per heavy atom. The Kier molecular flexibility index (Phi) is 2.99. The van der Waals surface area contributed by atoms with Crippen molar-refractivity contribution in [3.63, 3.8) is 0 Å². The third-order valence-electron chi connectivity index (χ3n) is 1.99. The largest absolute Gasteiger partial charge is 0.382 e. The molecule has 0 fully saturated rings. The van der Waals surface area contributed by atoms with E-state index in [1.807, 2.05) is 0 Å². The molecule has 2 aromatic heterocycles. The van der Waals surface area contributed by atoms with Gasteiger partial charge in [-0.1, -0.05) is 5.16 Å². The maximum absolute atomic E-state index is 11.6. The van der Waals surface area contributed by atoms with Gasteiger partial charge in [-0.25, -0.2) is 4.98 Å². The van der Waals surface area contributed by atoms with E-state index in [1.54, 1.807) is 13.0 Å². The number of hydrogen-bond donors (Lipinski definition) is 2. The van der Waals surface area contributed by atoms with E-state index >= 15 is 0 Å². The van der Waals surface area contributed by atoms with Crippen LogP contribution in [0.4, 0.5) is 5.82 Å². The molecule has 0 aliphatic heterocycles. The van der Waals surface area contributed by atoms with E-state index in [0.717, 1.165) is 5.69 Å². The molecule has 17 heavy (non-hydrogen) atoms. The van der Waals surface area contributed by atoms with Crippen LogP contribution >= 0.6 is 0 Å². The van der Waals surface area contributed by atoms with Gasteiger partial charge in [0.05, 0.1) is 24.6 Å². The van der Waals surface area contributed by atoms with Gasteiger partial charge in [0, 0.05) is 6.07 Å². The molecule has 88 valence electrons. The molecule has 0 atom stereocenters. The quantitative estimate of drug-likeness (QED) is 0.788. The maximum atomic E-state index is 11.6. The van der Waals surface area contributed by atoms with Gasteiger partial charge >= 0.3 is 0 Å². The minimum Gasteiger partial charge on any atom is -0.382 e. The van der Waals surface area contributed by atoms with Crippen LogP contribution in [-0.2, 0) is 6.54 Å². The molecular weight excluding hydrogens is 222 g/mol. The van der Waals surface area contributed by atoms with Crippen molar-refractivity contribution < 1.29 is 9.32 Å². The highest BCUT2D eigenvalue weighted by Crippen LogP contribution is 2.02. The van der Waals surface area contributed by atoms with Crippen molar-refractivity contribution in [2.24, 2.45) is 0 Å². The van der Waals surface area contributed by atoms with Gasteiger partial charge in [0.25, 0.3) is 5.91 Å². The Bertz CT molecular complexity index is 537. The van der Waals surface area contributed by atoms with Crippen LogP contribution in [0.5, 0.6) is 0 Å². The predicted octanol–water partition coefficient (Wildman–Crippen LogP) is 0.285. The van der Waals surface area contributed by atoms with E-state index < -0.39 is 0 Å². The summed E-state index contributed by atoms with van der Waals surface area (Å²) < 4.78 is 4.95. The molecule has 3 N–H and O–H groups in total. The lowest BCUT2D eigenvalue weighted by Crippen LogP contribution is -2.24. The average molecular weight is 233 g/mol. The van der Waals surface area contributed by atoms with Crippen molar-refractivity contribution in [3.8, 4) is 0 Å². The van der Waals surface area contributed by atoms with E-state index in [9.17, 15) is 4.79 Å². The van der Waals surface area contributed by atoms with Crippen LogP contribution in [0.3, 0.4) is 0 Å². The van der Waals surface area contributed by atoms with Crippen molar-refractivity contribution in [3.05, 3.63) is 35.6 Å². The fraction of sp³-hybridized carbons (Fsp3) is 0.200. The molecule has 0 aliphatic carbocycles. The Balaban J connectivity index is 1.98. The average Bonchev–Trinajstić information content (AvgIpc) is 2.72. The second kappa shape index (κ2) is 4.60. The first kappa shape index (κ1) is 11.1. The number of aryl methyl sites for hydroxylation is 1. The Hall–Kier alpha value is -2.44. The summed E-state index contributed by atoms with van der Waals surface area (Å²) >= 11 is 0. The Morgan fingerprint density at radius 1 is 1.53 bits per heavy atom. The van der Waals surface area contributed by atoms with Gasteiger partial charge < -0.3 is 15.6 Å². The van der Waals surface area contributed by atoms with Crippen molar-refractivity contribution >= 4 is 11.7 Å². The van der Waals surface area contributed by atoms with Crippen LogP contribution in [0.15, 0.2) is 23.0 Å². The van der Waals surface area contributed by atoms with E-state index in [0.29, 0.717) is 5.76 Å². The van der Waals surface area contributed by atoms with Crippen LogP contribution in [0.1, 0.15) is 21.9 Å². The van der Waals surface area contributed by atoms with E-state index in [4.69, 9.17) is 10.3 Å². The molecular formula is C10H11N5O2. The molecule has 1 amide bonds. The van der Waals surface area contributed by atoms with Crippen LogP contribution < -0.4 is 11.1 Å². The highest BCUT2D eigenvalue weighted by Gasteiger charge is 2.09. The molecule has 0 bridgehead atoms. The number of carbonyl (C=O) groups excluding carboxylic acids is 1. The number of nitrogens with zero attached hydrogens (tertiary/aromatic N) is 3. The van der Waals surface area contributed by atoms with Crippen LogP contribution in [0.25, 0.3) is 0 Å². The molecule has 0 saturated carbocycles. The minimum absolute atomic E-state index is 0.168. The first-order valence-corrected chi connectivity index (χ1v) is 4.93. The standard InChI is InChI=1S/C10H11N5O2/c1-6-2-7(17-15-6)3-13-10(16)8-4-12-5-9(11)14-8/h2,4-5H,3H2,1H3,(H2,11,14)(H,13,16). The fourth-order valence-corrected chi connectivity index (χ4v) is 1.25. The molecule has 7 heteroatoms. The fourth-order valence-electron chi connectivity index (χ4n) is 1.25. The van der Waals surface area contributed by atoms with Crippen molar-refractivity contribution in [1.29, 1.82) is 0 Å². The number of amides is 1. The highest BCUT2D eigenvalue weighted by molar-refractivity contribution is 5.92. The summed E-state index contributed by atoms with van der Waals surface area (Å²) in [6.45, 7) is 2.05. The molecule has 2 heterocycles. The molecule has 0 saturated heterocycles. The number of carbonyl (C=O) groups is 1. The zero-order valence-corrected chi connectivity index (χ0v) is 9.17. The first-order chi connectivity index (χ1) is 8.15. The van der Waals surface area contributed by atoms with Gasteiger partial charge in [-0.3, -0.25) is 9.78 Å². The highest BCUT2D eigenvalue weighted by atomic mass is 16.5. The second-order valence-electron chi connectivity index (χ2n) is 3.45. The number of nitrogens with one attached hydrogen (secondary N) is 1. The van der Waals surface area contributed by atoms with Crippen LogP contribution in [-0.4, -0.2) is 21.0 Å². The summed E-state index contributed by atoms with van der Waals surface area (Å²) in [5.74, 6) is 0.416. The normalized spacial score (nSPS) is 10.2. The third kappa shape index (κ3) is 2.77. The molecule has 2 rings (SSSR count). The van der Waals surface area contributed by atoms with Gasteiger partial charge in [0.15, 0.2) is 5.76 Å². The monoisotopic (exact) mass is 233 g/mol. The van der Waals surface area contributed by atoms with E-state index in [2.05, 4.69) is 20.4 Å². The number of anilines is 1. The molecule has 0 radical (unpaired) electrons. The smallest absolute Gasteiger partial charge is 0.271 e. The molecule has 0 aromatic carbocycles.